The highest BCUT2D eigenvalue weighted by atomic mass is 31.0. The first-order chi connectivity index (χ1) is 7.90. The summed E-state index contributed by atoms with van der Waals surface area (Å²) in [5.74, 6) is 0.323. The molecule has 2 aliphatic rings. The SMILES string of the molecule is CC1CC(P)(COC2=C(P)CC(C)O2)C(=O)O1. The van der Waals surface area contributed by atoms with Gasteiger partial charge in [0.25, 0.3) is 5.95 Å². The molecule has 0 N–H and O–H groups in total. The Labute approximate surface area is 106 Å². The number of esters is 1. The Morgan fingerprint density at radius 3 is 2.59 bits per heavy atom. The van der Waals surface area contributed by atoms with E-state index in [1.165, 1.54) is 0 Å². The first kappa shape index (κ1) is 13.1. The summed E-state index contributed by atoms with van der Waals surface area (Å²) in [6, 6.07) is 0. The summed E-state index contributed by atoms with van der Waals surface area (Å²) < 4.78 is 16.3. The summed E-state index contributed by atoms with van der Waals surface area (Å²) in [5, 5.41) is 0.387. The third kappa shape index (κ3) is 2.74. The predicted octanol–water partition coefficient (Wildman–Crippen LogP) is 1.81. The average molecular weight is 276 g/mol. The Hall–Kier alpha value is -0.330. The zero-order valence-electron chi connectivity index (χ0n) is 10.1. The van der Waals surface area contributed by atoms with E-state index >= 15 is 0 Å². The van der Waals surface area contributed by atoms with E-state index in [2.05, 4.69) is 18.5 Å². The van der Waals surface area contributed by atoms with Crippen molar-refractivity contribution in [3.05, 3.63) is 11.3 Å². The minimum absolute atomic E-state index is 0.0449. The highest BCUT2D eigenvalue weighted by molar-refractivity contribution is 7.22. The van der Waals surface area contributed by atoms with Crippen LogP contribution in [0, 0.1) is 0 Å². The standard InChI is InChI=1S/C11H18O4P2/c1-6-3-8(16)9(14-6)13-5-11(17)4-7(2)15-10(11)12/h6-7H,3-5,16-17H2,1-2H3. The van der Waals surface area contributed by atoms with Crippen molar-refractivity contribution in [1.82, 2.24) is 0 Å². The lowest BCUT2D eigenvalue weighted by Crippen LogP contribution is -2.32. The molecule has 0 aromatic heterocycles. The van der Waals surface area contributed by atoms with Gasteiger partial charge in [-0.2, -0.15) is 0 Å². The maximum atomic E-state index is 11.7. The molecular weight excluding hydrogens is 258 g/mol. The first-order valence-electron chi connectivity index (χ1n) is 5.69. The minimum atomic E-state index is -0.632. The highest BCUT2D eigenvalue weighted by Crippen LogP contribution is 2.37. The van der Waals surface area contributed by atoms with E-state index in [-0.39, 0.29) is 24.8 Å². The molecule has 2 aliphatic heterocycles. The van der Waals surface area contributed by atoms with Crippen molar-refractivity contribution < 1.29 is 19.0 Å². The molecule has 2 rings (SSSR count). The van der Waals surface area contributed by atoms with E-state index in [1.54, 1.807) is 0 Å². The zero-order chi connectivity index (χ0) is 12.6. The molecule has 1 fully saturated rings. The Balaban J connectivity index is 1.95. The Morgan fingerprint density at radius 1 is 1.41 bits per heavy atom. The smallest absolute Gasteiger partial charge is 0.319 e. The van der Waals surface area contributed by atoms with Crippen molar-refractivity contribution in [2.24, 2.45) is 0 Å². The van der Waals surface area contributed by atoms with Gasteiger partial charge in [-0.1, -0.05) is 0 Å². The van der Waals surface area contributed by atoms with Crippen LogP contribution in [0.15, 0.2) is 11.3 Å². The molecule has 6 heteroatoms. The molecule has 17 heavy (non-hydrogen) atoms. The number of rotatable bonds is 3. The summed E-state index contributed by atoms with van der Waals surface area (Å²) in [6.45, 7) is 4.15. The normalized spacial score (nSPS) is 37.1. The van der Waals surface area contributed by atoms with E-state index in [0.717, 1.165) is 11.7 Å². The van der Waals surface area contributed by atoms with Gasteiger partial charge in [0.15, 0.2) is 0 Å². The van der Waals surface area contributed by atoms with Gasteiger partial charge in [0.05, 0.1) is 0 Å². The number of carbonyl (C=O) groups excluding carboxylic acids is 1. The van der Waals surface area contributed by atoms with E-state index in [1.807, 2.05) is 13.8 Å². The Bertz CT molecular complexity index is 368. The maximum absolute atomic E-state index is 11.7. The van der Waals surface area contributed by atoms with Gasteiger partial charge in [0, 0.05) is 18.2 Å². The first-order valence-corrected chi connectivity index (χ1v) is 6.84. The van der Waals surface area contributed by atoms with Crippen LogP contribution in [0.2, 0.25) is 0 Å². The van der Waals surface area contributed by atoms with Gasteiger partial charge >= 0.3 is 5.97 Å². The lowest BCUT2D eigenvalue weighted by atomic mass is 10.1. The second-order valence-corrected chi connectivity index (χ2v) is 6.61. The maximum Gasteiger partial charge on any atom is 0.319 e. The van der Waals surface area contributed by atoms with Gasteiger partial charge in [-0.3, -0.25) is 4.79 Å². The average Bonchev–Trinajstić information content (AvgIpc) is 2.65. The van der Waals surface area contributed by atoms with Crippen LogP contribution in [0.1, 0.15) is 26.7 Å². The molecule has 0 saturated carbocycles. The van der Waals surface area contributed by atoms with Crippen molar-refractivity contribution in [3.8, 4) is 0 Å². The van der Waals surface area contributed by atoms with E-state index in [0.29, 0.717) is 12.4 Å². The zero-order valence-corrected chi connectivity index (χ0v) is 12.4. The van der Waals surface area contributed by atoms with Crippen LogP contribution < -0.4 is 0 Å². The number of carbonyl (C=O) groups is 1. The fourth-order valence-corrected chi connectivity index (χ4v) is 3.04. The quantitative estimate of drug-likeness (QED) is 0.582. The van der Waals surface area contributed by atoms with E-state index < -0.39 is 5.16 Å². The Morgan fingerprint density at radius 2 is 2.12 bits per heavy atom. The van der Waals surface area contributed by atoms with Crippen molar-refractivity contribution in [2.45, 2.75) is 44.1 Å². The fourth-order valence-electron chi connectivity index (χ4n) is 2.07. The molecule has 5 unspecified atom stereocenters. The van der Waals surface area contributed by atoms with Crippen molar-refractivity contribution >= 4 is 24.4 Å². The van der Waals surface area contributed by atoms with Crippen molar-refractivity contribution in [2.75, 3.05) is 6.61 Å². The Kier molecular flexibility index (Phi) is 3.66. The summed E-state index contributed by atoms with van der Waals surface area (Å²) in [4.78, 5) is 11.7. The van der Waals surface area contributed by atoms with E-state index in [9.17, 15) is 4.79 Å². The molecule has 1 saturated heterocycles. The monoisotopic (exact) mass is 276 g/mol. The largest absolute Gasteiger partial charge is 0.464 e. The highest BCUT2D eigenvalue weighted by Gasteiger charge is 2.45. The summed E-state index contributed by atoms with van der Waals surface area (Å²) in [6.07, 6.45) is 1.61. The van der Waals surface area contributed by atoms with Crippen LogP contribution >= 0.6 is 18.5 Å². The second-order valence-electron chi connectivity index (χ2n) is 4.81. The van der Waals surface area contributed by atoms with Crippen LogP contribution in [0.3, 0.4) is 0 Å². The molecule has 0 spiro atoms. The molecule has 0 aromatic rings. The summed E-state index contributed by atoms with van der Waals surface area (Å²) >= 11 is 0. The summed E-state index contributed by atoms with van der Waals surface area (Å²) in [5.41, 5.74) is 0. The third-order valence-electron chi connectivity index (χ3n) is 2.91. The molecule has 2 heterocycles. The van der Waals surface area contributed by atoms with Crippen LogP contribution in [0.25, 0.3) is 0 Å². The van der Waals surface area contributed by atoms with Crippen molar-refractivity contribution in [1.29, 1.82) is 0 Å². The number of hydrogen-bond acceptors (Lipinski definition) is 4. The van der Waals surface area contributed by atoms with Crippen LogP contribution in [0.4, 0.5) is 0 Å². The lowest BCUT2D eigenvalue weighted by molar-refractivity contribution is -0.143. The van der Waals surface area contributed by atoms with Crippen LogP contribution in [-0.2, 0) is 19.0 Å². The molecule has 4 nitrogen and oxygen atoms in total. The van der Waals surface area contributed by atoms with Crippen LogP contribution in [0.5, 0.6) is 0 Å². The van der Waals surface area contributed by atoms with Gasteiger partial charge in [-0.15, -0.1) is 18.5 Å². The predicted molar refractivity (Wildman–Crippen MR) is 70.5 cm³/mol. The van der Waals surface area contributed by atoms with E-state index in [4.69, 9.17) is 14.2 Å². The van der Waals surface area contributed by atoms with Gasteiger partial charge in [-0.05, 0) is 13.8 Å². The van der Waals surface area contributed by atoms with Gasteiger partial charge in [0.1, 0.15) is 24.0 Å². The molecule has 0 aromatic carbocycles. The lowest BCUT2D eigenvalue weighted by Gasteiger charge is -2.20. The number of cyclic esters (lactones) is 1. The topological polar surface area (TPSA) is 44.8 Å². The molecule has 0 radical (unpaired) electrons. The molecule has 5 atom stereocenters. The number of hydrogen-bond donors (Lipinski definition) is 0. The fraction of sp³-hybridized carbons (Fsp3) is 0.727. The third-order valence-corrected chi connectivity index (χ3v) is 4.01. The minimum Gasteiger partial charge on any atom is -0.464 e. The summed E-state index contributed by atoms with van der Waals surface area (Å²) in [7, 11) is 5.18. The van der Waals surface area contributed by atoms with Gasteiger partial charge in [-0.25, -0.2) is 0 Å². The molecule has 96 valence electrons. The van der Waals surface area contributed by atoms with Gasteiger partial charge < -0.3 is 14.2 Å². The number of ether oxygens (including phenoxy) is 3. The molecule has 0 bridgehead atoms. The van der Waals surface area contributed by atoms with Crippen molar-refractivity contribution in [3.63, 3.8) is 0 Å². The molecule has 0 aliphatic carbocycles. The molecular formula is C11H18O4P2. The second kappa shape index (κ2) is 4.74. The van der Waals surface area contributed by atoms with Crippen LogP contribution in [-0.4, -0.2) is 29.9 Å². The molecule has 0 amide bonds. The van der Waals surface area contributed by atoms with Gasteiger partial charge in [0.2, 0.25) is 0 Å².